The summed E-state index contributed by atoms with van der Waals surface area (Å²) in [5.41, 5.74) is 0. The molecule has 1 saturated heterocycles. The van der Waals surface area contributed by atoms with Gasteiger partial charge in [0.1, 0.15) is 10.7 Å². The Morgan fingerprint density at radius 3 is 2.86 bits per heavy atom. The van der Waals surface area contributed by atoms with Crippen molar-refractivity contribution in [3.8, 4) is 0 Å². The fraction of sp³-hybridized carbons (Fsp3) is 0.643. The van der Waals surface area contributed by atoms with Gasteiger partial charge in [0.15, 0.2) is 0 Å². The number of nitrogens with zero attached hydrogens (tertiary/aromatic N) is 2. The molecule has 2 heterocycles. The molecule has 7 heteroatoms. The zero-order valence-corrected chi connectivity index (χ0v) is 13.5. The Hall–Kier alpha value is -1.18. The van der Waals surface area contributed by atoms with E-state index in [4.69, 9.17) is 0 Å². The maximum atomic E-state index is 12.3. The Labute approximate surface area is 127 Å². The van der Waals surface area contributed by atoms with E-state index < -0.39 is 10.0 Å². The van der Waals surface area contributed by atoms with E-state index in [0.717, 1.165) is 38.9 Å². The maximum absolute atomic E-state index is 12.3. The number of rotatable bonds is 6. The van der Waals surface area contributed by atoms with Crippen LogP contribution in [0.5, 0.6) is 0 Å². The van der Waals surface area contributed by atoms with E-state index in [1.807, 2.05) is 7.05 Å². The third kappa shape index (κ3) is 4.66. The minimum atomic E-state index is -3.49. The van der Waals surface area contributed by atoms with Crippen LogP contribution in [0.3, 0.4) is 0 Å². The van der Waals surface area contributed by atoms with Gasteiger partial charge in [0.25, 0.3) is 0 Å². The van der Waals surface area contributed by atoms with Crippen LogP contribution in [0.15, 0.2) is 23.2 Å². The number of aromatic nitrogens is 1. The predicted molar refractivity (Wildman–Crippen MR) is 83.9 cm³/mol. The molecule has 0 saturated carbocycles. The van der Waals surface area contributed by atoms with Crippen molar-refractivity contribution in [3.05, 3.63) is 18.3 Å². The lowest BCUT2D eigenvalue weighted by molar-refractivity contribution is 0.242. The Morgan fingerprint density at radius 1 is 1.43 bits per heavy atom. The largest absolute Gasteiger partial charge is 0.370 e. The van der Waals surface area contributed by atoms with Crippen LogP contribution in [0.4, 0.5) is 5.82 Å². The average molecular weight is 312 g/mol. The fourth-order valence-electron chi connectivity index (χ4n) is 2.45. The second kappa shape index (κ2) is 7.20. The van der Waals surface area contributed by atoms with Gasteiger partial charge < -0.3 is 10.2 Å². The van der Waals surface area contributed by atoms with Crippen molar-refractivity contribution in [2.75, 3.05) is 32.0 Å². The van der Waals surface area contributed by atoms with Crippen LogP contribution in [0.2, 0.25) is 0 Å². The summed E-state index contributed by atoms with van der Waals surface area (Å²) in [6, 6.07) is 3.28. The number of sulfonamides is 1. The average Bonchev–Trinajstić information content (AvgIpc) is 2.45. The molecule has 6 nitrogen and oxygen atoms in total. The lowest BCUT2D eigenvalue weighted by atomic mass is 10.1. The number of piperidine rings is 1. The molecular weight excluding hydrogens is 288 g/mol. The monoisotopic (exact) mass is 312 g/mol. The minimum Gasteiger partial charge on any atom is -0.370 e. The molecule has 1 aliphatic rings. The summed E-state index contributed by atoms with van der Waals surface area (Å²) in [7, 11) is -1.48. The standard InChI is InChI=1S/C14H24N4O2S/c1-3-8-15-14-7-6-13(10-16-14)21(19,20)17-12-5-4-9-18(2)11-12/h6-7,10,12,17H,3-5,8-9,11H2,1-2H3,(H,15,16). The number of likely N-dealkylation sites (tertiary alicyclic amines) is 1. The zero-order valence-electron chi connectivity index (χ0n) is 12.7. The first-order valence-corrected chi connectivity index (χ1v) is 8.90. The molecule has 0 radical (unpaired) electrons. The summed E-state index contributed by atoms with van der Waals surface area (Å²) >= 11 is 0. The highest BCUT2D eigenvalue weighted by Crippen LogP contribution is 2.14. The van der Waals surface area contributed by atoms with Crippen molar-refractivity contribution in [1.29, 1.82) is 0 Å². The van der Waals surface area contributed by atoms with Crippen LogP contribution in [-0.4, -0.2) is 51.0 Å². The summed E-state index contributed by atoms with van der Waals surface area (Å²) in [4.78, 5) is 6.52. The summed E-state index contributed by atoms with van der Waals surface area (Å²) in [6.07, 6.45) is 4.31. The van der Waals surface area contributed by atoms with Crippen LogP contribution in [0.25, 0.3) is 0 Å². The minimum absolute atomic E-state index is 0.0216. The maximum Gasteiger partial charge on any atom is 0.242 e. The molecule has 21 heavy (non-hydrogen) atoms. The molecule has 1 aromatic heterocycles. The molecule has 0 aliphatic carbocycles. The summed E-state index contributed by atoms with van der Waals surface area (Å²) in [6.45, 7) is 4.67. The van der Waals surface area contributed by atoms with E-state index in [2.05, 4.69) is 26.8 Å². The van der Waals surface area contributed by atoms with E-state index in [1.165, 1.54) is 6.20 Å². The van der Waals surface area contributed by atoms with Crippen molar-refractivity contribution in [3.63, 3.8) is 0 Å². The zero-order chi connectivity index (χ0) is 15.3. The van der Waals surface area contributed by atoms with Gasteiger partial charge in [0.2, 0.25) is 10.0 Å². The van der Waals surface area contributed by atoms with E-state index in [9.17, 15) is 8.42 Å². The van der Waals surface area contributed by atoms with Crippen molar-refractivity contribution < 1.29 is 8.42 Å². The Bertz CT molecular complexity index is 545. The van der Waals surface area contributed by atoms with Gasteiger partial charge in [-0.1, -0.05) is 6.92 Å². The van der Waals surface area contributed by atoms with Crippen molar-refractivity contribution in [2.24, 2.45) is 0 Å². The highest BCUT2D eigenvalue weighted by atomic mass is 32.2. The number of hydrogen-bond acceptors (Lipinski definition) is 5. The van der Waals surface area contributed by atoms with Gasteiger partial charge in [-0.15, -0.1) is 0 Å². The third-order valence-electron chi connectivity index (χ3n) is 3.55. The number of likely N-dealkylation sites (N-methyl/N-ethyl adjacent to an activating group) is 1. The summed E-state index contributed by atoms with van der Waals surface area (Å²) in [5.74, 6) is 0.702. The van der Waals surface area contributed by atoms with Gasteiger partial charge in [-0.3, -0.25) is 0 Å². The molecule has 118 valence electrons. The number of pyridine rings is 1. The van der Waals surface area contributed by atoms with Crippen LogP contribution in [0, 0.1) is 0 Å². The predicted octanol–water partition coefficient (Wildman–Crippen LogP) is 1.28. The molecule has 1 unspecified atom stereocenters. The molecule has 2 N–H and O–H groups in total. The van der Waals surface area contributed by atoms with Crippen LogP contribution in [-0.2, 0) is 10.0 Å². The fourth-order valence-corrected chi connectivity index (χ4v) is 3.65. The molecule has 1 aliphatic heterocycles. The molecule has 2 rings (SSSR count). The molecule has 0 aromatic carbocycles. The molecule has 0 spiro atoms. The first kappa shape index (κ1) is 16.2. The van der Waals surface area contributed by atoms with E-state index in [0.29, 0.717) is 5.82 Å². The van der Waals surface area contributed by atoms with Crippen LogP contribution >= 0.6 is 0 Å². The topological polar surface area (TPSA) is 74.3 Å². The molecular formula is C14H24N4O2S. The lowest BCUT2D eigenvalue weighted by Crippen LogP contribution is -2.46. The van der Waals surface area contributed by atoms with Gasteiger partial charge in [0, 0.05) is 25.3 Å². The first-order valence-electron chi connectivity index (χ1n) is 7.42. The summed E-state index contributed by atoms with van der Waals surface area (Å²) in [5, 5.41) is 3.13. The highest BCUT2D eigenvalue weighted by molar-refractivity contribution is 7.89. The molecule has 0 bridgehead atoms. The van der Waals surface area contributed by atoms with Crippen molar-refractivity contribution in [2.45, 2.75) is 37.1 Å². The summed E-state index contributed by atoms with van der Waals surface area (Å²) < 4.78 is 27.5. The van der Waals surface area contributed by atoms with Crippen molar-refractivity contribution >= 4 is 15.8 Å². The normalized spacial score (nSPS) is 20.4. The molecule has 1 atom stereocenters. The van der Waals surface area contributed by atoms with Crippen LogP contribution < -0.4 is 10.0 Å². The van der Waals surface area contributed by atoms with Crippen LogP contribution in [0.1, 0.15) is 26.2 Å². The first-order chi connectivity index (χ1) is 10.0. The van der Waals surface area contributed by atoms with Gasteiger partial charge in [-0.2, -0.15) is 0 Å². The second-order valence-electron chi connectivity index (χ2n) is 5.53. The SMILES string of the molecule is CCCNc1ccc(S(=O)(=O)NC2CCCN(C)C2)cn1. The Kier molecular flexibility index (Phi) is 5.55. The smallest absolute Gasteiger partial charge is 0.242 e. The number of anilines is 1. The Morgan fingerprint density at radius 2 is 2.24 bits per heavy atom. The van der Waals surface area contributed by atoms with Gasteiger partial charge in [0.05, 0.1) is 0 Å². The third-order valence-corrected chi connectivity index (χ3v) is 5.05. The Balaban J connectivity index is 2.01. The highest BCUT2D eigenvalue weighted by Gasteiger charge is 2.23. The number of nitrogens with one attached hydrogen (secondary N) is 2. The molecule has 1 aromatic rings. The van der Waals surface area contributed by atoms with Gasteiger partial charge in [-0.05, 0) is 45.0 Å². The van der Waals surface area contributed by atoms with E-state index in [-0.39, 0.29) is 10.9 Å². The number of hydrogen-bond donors (Lipinski definition) is 2. The van der Waals surface area contributed by atoms with Crippen molar-refractivity contribution in [1.82, 2.24) is 14.6 Å². The van der Waals surface area contributed by atoms with E-state index in [1.54, 1.807) is 12.1 Å². The van der Waals surface area contributed by atoms with Gasteiger partial charge >= 0.3 is 0 Å². The molecule has 1 fully saturated rings. The quantitative estimate of drug-likeness (QED) is 0.827. The molecule has 0 amide bonds. The second-order valence-corrected chi connectivity index (χ2v) is 7.24. The van der Waals surface area contributed by atoms with E-state index >= 15 is 0 Å². The van der Waals surface area contributed by atoms with Gasteiger partial charge in [-0.25, -0.2) is 18.1 Å². The lowest BCUT2D eigenvalue weighted by Gasteiger charge is -2.29.